The van der Waals surface area contributed by atoms with E-state index in [2.05, 4.69) is 5.32 Å². The van der Waals surface area contributed by atoms with Gasteiger partial charge in [0.1, 0.15) is 4.21 Å². The van der Waals surface area contributed by atoms with Crippen molar-refractivity contribution in [3.05, 3.63) is 17.0 Å². The molecule has 1 aromatic heterocycles. The standard InChI is InChI=1S/C16H26N2O4S2/c1-3-22-11-5-9-17-16(19)14-6-4-10-18(12-14)24(20,21)15-8-7-13(2)23-15/h7-8,14H,3-6,9-12H2,1-2H3,(H,17,19). The predicted molar refractivity (Wildman–Crippen MR) is 94.7 cm³/mol. The van der Waals surface area contributed by atoms with Crippen molar-refractivity contribution in [2.45, 2.75) is 37.3 Å². The number of aryl methyl sites for hydroxylation is 1. The minimum absolute atomic E-state index is 0.0613. The van der Waals surface area contributed by atoms with E-state index < -0.39 is 10.0 Å². The van der Waals surface area contributed by atoms with Crippen molar-refractivity contribution in [2.75, 3.05) is 32.8 Å². The monoisotopic (exact) mass is 374 g/mol. The Labute approximate surface area is 148 Å². The number of thiophene rings is 1. The van der Waals surface area contributed by atoms with Crippen molar-refractivity contribution < 1.29 is 17.9 Å². The Morgan fingerprint density at radius 2 is 2.25 bits per heavy atom. The van der Waals surface area contributed by atoms with E-state index in [0.717, 1.165) is 17.7 Å². The largest absolute Gasteiger partial charge is 0.382 e. The molecule has 24 heavy (non-hydrogen) atoms. The topological polar surface area (TPSA) is 75.7 Å². The maximum atomic E-state index is 12.7. The van der Waals surface area contributed by atoms with Crippen LogP contribution in [-0.2, 0) is 19.6 Å². The van der Waals surface area contributed by atoms with Crippen LogP contribution in [0.2, 0.25) is 0 Å². The SMILES string of the molecule is CCOCCCNC(=O)C1CCCN(S(=O)(=O)c2ccc(C)s2)C1. The van der Waals surface area contributed by atoms with Gasteiger partial charge in [-0.3, -0.25) is 4.79 Å². The van der Waals surface area contributed by atoms with E-state index in [0.29, 0.717) is 36.9 Å². The summed E-state index contributed by atoms with van der Waals surface area (Å²) in [6.45, 7) is 6.42. The predicted octanol–water partition coefficient (Wildman–Crippen LogP) is 2.00. The lowest BCUT2D eigenvalue weighted by Gasteiger charge is -2.30. The number of amides is 1. The Balaban J connectivity index is 1.90. The van der Waals surface area contributed by atoms with Crippen LogP contribution in [0.15, 0.2) is 16.3 Å². The van der Waals surface area contributed by atoms with Crippen LogP contribution in [0.4, 0.5) is 0 Å². The third kappa shape index (κ3) is 5.02. The number of nitrogens with zero attached hydrogens (tertiary/aromatic N) is 1. The van der Waals surface area contributed by atoms with Gasteiger partial charge in [0.2, 0.25) is 5.91 Å². The second kappa shape index (κ2) is 8.94. The van der Waals surface area contributed by atoms with Crippen LogP contribution in [0.5, 0.6) is 0 Å². The summed E-state index contributed by atoms with van der Waals surface area (Å²) in [5.41, 5.74) is 0. The van der Waals surface area contributed by atoms with Gasteiger partial charge in [-0.15, -0.1) is 11.3 Å². The average Bonchev–Trinajstić information content (AvgIpc) is 3.02. The zero-order chi connectivity index (χ0) is 17.6. The molecule has 1 aliphatic heterocycles. The Morgan fingerprint density at radius 3 is 2.92 bits per heavy atom. The summed E-state index contributed by atoms with van der Waals surface area (Å²) in [6, 6.07) is 3.46. The fourth-order valence-electron chi connectivity index (χ4n) is 2.73. The van der Waals surface area contributed by atoms with Crippen molar-refractivity contribution in [1.29, 1.82) is 0 Å². The van der Waals surface area contributed by atoms with Gasteiger partial charge in [0.25, 0.3) is 10.0 Å². The van der Waals surface area contributed by atoms with Crippen LogP contribution in [0, 0.1) is 12.8 Å². The smallest absolute Gasteiger partial charge is 0.252 e. The first-order valence-electron chi connectivity index (χ1n) is 8.37. The highest BCUT2D eigenvalue weighted by molar-refractivity contribution is 7.91. The molecule has 1 N–H and O–H groups in total. The molecule has 8 heteroatoms. The van der Waals surface area contributed by atoms with Gasteiger partial charge in [-0.1, -0.05) is 0 Å². The number of nitrogens with one attached hydrogen (secondary N) is 1. The number of hydrogen-bond donors (Lipinski definition) is 1. The number of sulfonamides is 1. The molecule has 1 amide bonds. The first-order chi connectivity index (χ1) is 11.4. The molecule has 0 aliphatic carbocycles. The number of piperidine rings is 1. The lowest BCUT2D eigenvalue weighted by Crippen LogP contribution is -2.45. The molecule has 1 aromatic rings. The first-order valence-corrected chi connectivity index (χ1v) is 10.6. The number of rotatable bonds is 8. The summed E-state index contributed by atoms with van der Waals surface area (Å²) in [4.78, 5) is 13.2. The minimum atomic E-state index is -3.49. The van der Waals surface area contributed by atoms with Crippen molar-refractivity contribution in [1.82, 2.24) is 9.62 Å². The molecule has 1 atom stereocenters. The summed E-state index contributed by atoms with van der Waals surface area (Å²) in [5.74, 6) is -0.338. The summed E-state index contributed by atoms with van der Waals surface area (Å²) in [5, 5.41) is 2.89. The fraction of sp³-hybridized carbons (Fsp3) is 0.688. The summed E-state index contributed by atoms with van der Waals surface area (Å²) >= 11 is 1.28. The van der Waals surface area contributed by atoms with Crippen LogP contribution in [0.3, 0.4) is 0 Å². The fourth-order valence-corrected chi connectivity index (χ4v) is 5.69. The molecule has 6 nitrogen and oxygen atoms in total. The lowest BCUT2D eigenvalue weighted by atomic mass is 9.99. The average molecular weight is 375 g/mol. The maximum absolute atomic E-state index is 12.7. The quantitative estimate of drug-likeness (QED) is 0.706. The van der Waals surface area contributed by atoms with Crippen LogP contribution in [-0.4, -0.2) is 51.5 Å². The third-order valence-electron chi connectivity index (χ3n) is 4.03. The van der Waals surface area contributed by atoms with Gasteiger partial charge in [-0.25, -0.2) is 8.42 Å². The second-order valence-electron chi connectivity index (χ2n) is 5.91. The number of hydrogen-bond acceptors (Lipinski definition) is 5. The molecule has 1 fully saturated rings. The highest BCUT2D eigenvalue weighted by Gasteiger charge is 2.33. The molecule has 0 spiro atoms. The van der Waals surface area contributed by atoms with E-state index in [1.54, 1.807) is 6.07 Å². The van der Waals surface area contributed by atoms with Gasteiger partial charge in [0.15, 0.2) is 0 Å². The molecule has 0 bridgehead atoms. The van der Waals surface area contributed by atoms with Crippen LogP contribution >= 0.6 is 11.3 Å². The Kier molecular flexibility index (Phi) is 7.21. The lowest BCUT2D eigenvalue weighted by molar-refractivity contribution is -0.126. The Hall–Kier alpha value is -0.960. The number of carbonyl (C=O) groups excluding carboxylic acids is 1. The van der Waals surface area contributed by atoms with Gasteiger partial charge < -0.3 is 10.1 Å². The van der Waals surface area contributed by atoms with E-state index >= 15 is 0 Å². The molecule has 0 aromatic carbocycles. The molecule has 0 saturated carbocycles. The second-order valence-corrected chi connectivity index (χ2v) is 9.36. The summed E-state index contributed by atoms with van der Waals surface area (Å²) in [7, 11) is -3.49. The molecule has 1 saturated heterocycles. The highest BCUT2D eigenvalue weighted by Crippen LogP contribution is 2.28. The van der Waals surface area contributed by atoms with Gasteiger partial charge in [-0.05, 0) is 45.2 Å². The molecular weight excluding hydrogens is 348 g/mol. The van der Waals surface area contributed by atoms with Gasteiger partial charge in [0.05, 0.1) is 5.92 Å². The van der Waals surface area contributed by atoms with E-state index in [1.165, 1.54) is 15.6 Å². The number of carbonyl (C=O) groups is 1. The minimum Gasteiger partial charge on any atom is -0.382 e. The van der Waals surface area contributed by atoms with Crippen molar-refractivity contribution in [3.8, 4) is 0 Å². The Bertz CT molecular complexity index is 642. The van der Waals surface area contributed by atoms with Gasteiger partial charge in [0, 0.05) is 37.7 Å². The molecule has 2 heterocycles. The Morgan fingerprint density at radius 1 is 1.46 bits per heavy atom. The first kappa shape index (κ1) is 19.4. The molecular formula is C16H26N2O4S2. The normalized spacial score (nSPS) is 19.3. The number of ether oxygens (including phenoxy) is 1. The molecule has 136 valence electrons. The highest BCUT2D eigenvalue weighted by atomic mass is 32.2. The van der Waals surface area contributed by atoms with E-state index in [1.807, 2.05) is 19.9 Å². The van der Waals surface area contributed by atoms with Crippen molar-refractivity contribution in [2.24, 2.45) is 5.92 Å². The van der Waals surface area contributed by atoms with Crippen molar-refractivity contribution in [3.63, 3.8) is 0 Å². The van der Waals surface area contributed by atoms with Gasteiger partial charge in [-0.2, -0.15) is 4.31 Å². The van der Waals surface area contributed by atoms with E-state index in [9.17, 15) is 13.2 Å². The van der Waals surface area contributed by atoms with Crippen molar-refractivity contribution >= 4 is 27.3 Å². The molecule has 0 radical (unpaired) electrons. The maximum Gasteiger partial charge on any atom is 0.252 e. The zero-order valence-electron chi connectivity index (χ0n) is 14.3. The van der Waals surface area contributed by atoms with Gasteiger partial charge >= 0.3 is 0 Å². The van der Waals surface area contributed by atoms with Crippen LogP contribution in [0.25, 0.3) is 0 Å². The zero-order valence-corrected chi connectivity index (χ0v) is 15.9. The third-order valence-corrected chi connectivity index (χ3v) is 7.37. The summed E-state index contributed by atoms with van der Waals surface area (Å²) in [6.07, 6.45) is 2.20. The molecule has 1 aliphatic rings. The molecule has 2 rings (SSSR count). The molecule has 1 unspecified atom stereocenters. The summed E-state index contributed by atoms with van der Waals surface area (Å²) < 4.78 is 32.4. The van der Waals surface area contributed by atoms with E-state index in [4.69, 9.17) is 4.74 Å². The van der Waals surface area contributed by atoms with Crippen LogP contribution in [0.1, 0.15) is 31.1 Å². The van der Waals surface area contributed by atoms with E-state index in [-0.39, 0.29) is 18.4 Å². The van der Waals surface area contributed by atoms with Crippen LogP contribution < -0.4 is 5.32 Å².